The number of carbonyl (C=O) groups is 2. The lowest BCUT2D eigenvalue weighted by molar-refractivity contribution is -0.141. The number of amides is 2. The van der Waals surface area contributed by atoms with Crippen LogP contribution in [0.1, 0.15) is 24.0 Å². The SMILES string of the molecule is O=C1[C@@H]2[C@H](C(=O)N1/N=C\c1cn(Cc3ccccc3Cl)c3ccccc13)[C@@H]1C=C[C@@H]2C12CC2. The van der Waals surface area contributed by atoms with Crippen LogP contribution in [0.2, 0.25) is 5.02 Å². The number of hydrogen-bond donors (Lipinski definition) is 0. The predicted octanol–water partition coefficient (Wildman–Crippen LogP) is 4.87. The molecule has 0 radical (unpaired) electrons. The van der Waals surface area contributed by atoms with E-state index >= 15 is 0 Å². The number of aromatic nitrogens is 1. The molecule has 33 heavy (non-hydrogen) atoms. The van der Waals surface area contributed by atoms with E-state index in [-0.39, 0.29) is 40.9 Å². The monoisotopic (exact) mass is 455 g/mol. The Morgan fingerprint density at radius 1 is 0.970 bits per heavy atom. The normalized spacial score (nSPS) is 28.7. The van der Waals surface area contributed by atoms with Crippen molar-refractivity contribution in [1.82, 2.24) is 9.58 Å². The molecule has 164 valence electrons. The average Bonchev–Trinajstić information content (AvgIpc) is 3.27. The Kier molecular flexibility index (Phi) is 3.90. The first-order valence-corrected chi connectivity index (χ1v) is 11.9. The van der Waals surface area contributed by atoms with Gasteiger partial charge in [0.1, 0.15) is 0 Å². The van der Waals surface area contributed by atoms with Crippen molar-refractivity contribution in [2.75, 3.05) is 0 Å². The summed E-state index contributed by atoms with van der Waals surface area (Å²) in [6.07, 6.45) is 10.3. The molecule has 1 saturated heterocycles. The van der Waals surface area contributed by atoms with Gasteiger partial charge in [-0.15, -0.1) is 0 Å². The van der Waals surface area contributed by atoms with Crippen LogP contribution in [0.15, 0.2) is 72.0 Å². The summed E-state index contributed by atoms with van der Waals surface area (Å²) in [6, 6.07) is 15.9. The van der Waals surface area contributed by atoms with Crippen LogP contribution in [0.5, 0.6) is 0 Å². The van der Waals surface area contributed by atoms with Gasteiger partial charge in [-0.3, -0.25) is 9.59 Å². The van der Waals surface area contributed by atoms with Gasteiger partial charge in [-0.2, -0.15) is 10.1 Å². The molecule has 3 aromatic rings. The summed E-state index contributed by atoms with van der Waals surface area (Å²) < 4.78 is 2.13. The fourth-order valence-electron chi connectivity index (χ4n) is 6.62. The highest BCUT2D eigenvalue weighted by molar-refractivity contribution is 6.31. The third-order valence-electron chi connectivity index (χ3n) is 8.26. The number of hydrogen-bond acceptors (Lipinski definition) is 3. The summed E-state index contributed by atoms with van der Waals surface area (Å²) >= 11 is 6.38. The third-order valence-corrected chi connectivity index (χ3v) is 8.63. The largest absolute Gasteiger partial charge is 0.342 e. The molecule has 0 unspecified atom stereocenters. The summed E-state index contributed by atoms with van der Waals surface area (Å²) in [6.45, 7) is 0.622. The van der Waals surface area contributed by atoms with Gasteiger partial charge in [0.25, 0.3) is 11.8 Å². The Morgan fingerprint density at radius 2 is 1.64 bits per heavy atom. The Labute approximate surface area is 196 Å². The van der Waals surface area contributed by atoms with Crippen LogP contribution in [-0.4, -0.2) is 27.6 Å². The average molecular weight is 456 g/mol. The molecule has 4 atom stereocenters. The number of halogens is 1. The molecule has 2 heterocycles. The first-order valence-electron chi connectivity index (χ1n) is 11.5. The van der Waals surface area contributed by atoms with Crippen molar-refractivity contribution >= 4 is 40.5 Å². The molecule has 5 nitrogen and oxygen atoms in total. The van der Waals surface area contributed by atoms with Crippen LogP contribution in [-0.2, 0) is 16.1 Å². The van der Waals surface area contributed by atoms with Crippen molar-refractivity contribution in [3.63, 3.8) is 0 Å². The standard InChI is InChI=1S/C27H22ClN3O2/c28-21-7-3-1-5-16(21)14-30-15-17(18-6-2-4-8-22(18)30)13-29-31-25(32)23-19-9-10-20(24(23)26(31)33)27(19)11-12-27/h1-10,13,15,19-20,23-24H,11-12,14H2/b29-13-/t19-,20-,23-,24+/m0/s1. The number of rotatable bonds is 4. The number of imide groups is 1. The van der Waals surface area contributed by atoms with E-state index in [1.54, 1.807) is 6.21 Å². The van der Waals surface area contributed by atoms with Crippen LogP contribution in [0.25, 0.3) is 10.9 Å². The van der Waals surface area contributed by atoms with Crippen LogP contribution < -0.4 is 0 Å². The van der Waals surface area contributed by atoms with E-state index in [9.17, 15) is 9.59 Å². The molecule has 2 saturated carbocycles. The summed E-state index contributed by atoms with van der Waals surface area (Å²) in [5, 5.41) is 7.31. The Hall–Kier alpha value is -3.18. The minimum atomic E-state index is -0.228. The zero-order valence-electron chi connectivity index (χ0n) is 17.9. The molecular formula is C27H22ClN3O2. The second kappa shape index (κ2) is 6.67. The first-order chi connectivity index (χ1) is 16.1. The lowest BCUT2D eigenvalue weighted by atomic mass is 9.85. The molecule has 6 heteroatoms. The van der Waals surface area contributed by atoms with E-state index in [1.165, 1.54) is 0 Å². The Bertz CT molecular complexity index is 1370. The summed E-state index contributed by atoms with van der Waals surface area (Å²) in [7, 11) is 0. The second-order valence-corrected chi connectivity index (χ2v) is 10.2. The number of benzene rings is 2. The number of nitrogens with zero attached hydrogens (tertiary/aromatic N) is 3. The molecule has 4 aliphatic rings. The van der Waals surface area contributed by atoms with Gasteiger partial charge in [0, 0.05) is 34.2 Å². The maximum Gasteiger partial charge on any atom is 0.254 e. The van der Waals surface area contributed by atoms with E-state index in [0.717, 1.165) is 44.9 Å². The molecule has 0 N–H and O–H groups in total. The molecule has 2 bridgehead atoms. The Balaban J connectivity index is 1.21. The highest BCUT2D eigenvalue weighted by Gasteiger charge is 2.73. The summed E-state index contributed by atoms with van der Waals surface area (Å²) in [5.74, 6) is -0.306. The number of allylic oxidation sites excluding steroid dienone is 2. The second-order valence-electron chi connectivity index (χ2n) is 9.77. The van der Waals surface area contributed by atoms with Crippen molar-refractivity contribution in [2.24, 2.45) is 34.2 Å². The molecule has 1 spiro atoms. The molecule has 2 amide bonds. The highest BCUT2D eigenvalue weighted by Crippen LogP contribution is 2.73. The van der Waals surface area contributed by atoms with E-state index in [0.29, 0.717) is 6.54 Å². The lowest BCUT2D eigenvalue weighted by Gasteiger charge is -2.18. The number of para-hydroxylation sites is 1. The number of fused-ring (bicyclic) bond motifs is 4. The van der Waals surface area contributed by atoms with Crippen LogP contribution in [0, 0.1) is 29.1 Å². The van der Waals surface area contributed by atoms with E-state index in [1.807, 2.05) is 48.7 Å². The van der Waals surface area contributed by atoms with Gasteiger partial charge in [0.05, 0.1) is 18.1 Å². The zero-order valence-corrected chi connectivity index (χ0v) is 18.7. The van der Waals surface area contributed by atoms with Gasteiger partial charge in [-0.05, 0) is 47.8 Å². The van der Waals surface area contributed by atoms with Crippen molar-refractivity contribution in [2.45, 2.75) is 19.4 Å². The van der Waals surface area contributed by atoms with Gasteiger partial charge in [-0.25, -0.2) is 0 Å². The van der Waals surface area contributed by atoms with Crippen molar-refractivity contribution in [1.29, 1.82) is 0 Å². The quantitative estimate of drug-likeness (QED) is 0.320. The third kappa shape index (κ3) is 2.57. The van der Waals surface area contributed by atoms with Crippen LogP contribution in [0.3, 0.4) is 0 Å². The number of hydrazone groups is 1. The molecule has 1 aromatic heterocycles. The van der Waals surface area contributed by atoms with E-state index in [4.69, 9.17) is 11.6 Å². The fourth-order valence-corrected chi connectivity index (χ4v) is 6.81. The topological polar surface area (TPSA) is 54.7 Å². The summed E-state index contributed by atoms with van der Waals surface area (Å²) in [5.41, 5.74) is 3.14. The maximum atomic E-state index is 13.2. The molecular weight excluding hydrogens is 434 g/mol. The van der Waals surface area contributed by atoms with Crippen LogP contribution >= 0.6 is 11.6 Å². The van der Waals surface area contributed by atoms with Gasteiger partial charge < -0.3 is 4.57 Å². The first kappa shape index (κ1) is 19.3. The van der Waals surface area contributed by atoms with Crippen molar-refractivity contribution < 1.29 is 9.59 Å². The van der Waals surface area contributed by atoms with Gasteiger partial charge in [-0.1, -0.05) is 60.2 Å². The highest BCUT2D eigenvalue weighted by atomic mass is 35.5. The lowest BCUT2D eigenvalue weighted by Crippen LogP contribution is -2.30. The van der Waals surface area contributed by atoms with Crippen molar-refractivity contribution in [3.8, 4) is 0 Å². The minimum Gasteiger partial charge on any atom is -0.342 e. The van der Waals surface area contributed by atoms with E-state index in [2.05, 4.69) is 27.9 Å². The zero-order chi connectivity index (χ0) is 22.3. The minimum absolute atomic E-state index is 0.135. The molecule has 3 aliphatic carbocycles. The number of carbonyl (C=O) groups excluding carboxylic acids is 2. The van der Waals surface area contributed by atoms with Gasteiger partial charge in [0.2, 0.25) is 0 Å². The molecule has 2 aromatic carbocycles. The van der Waals surface area contributed by atoms with Gasteiger partial charge >= 0.3 is 0 Å². The summed E-state index contributed by atoms with van der Waals surface area (Å²) in [4.78, 5) is 26.4. The smallest absolute Gasteiger partial charge is 0.254 e. The molecule has 3 fully saturated rings. The molecule has 1 aliphatic heterocycles. The van der Waals surface area contributed by atoms with Crippen molar-refractivity contribution in [3.05, 3.63) is 83.0 Å². The maximum absolute atomic E-state index is 13.2. The van der Waals surface area contributed by atoms with Gasteiger partial charge in [0.15, 0.2) is 0 Å². The van der Waals surface area contributed by atoms with Crippen LogP contribution in [0.4, 0.5) is 0 Å². The fraction of sp³-hybridized carbons (Fsp3) is 0.296. The molecule has 7 rings (SSSR count). The van der Waals surface area contributed by atoms with E-state index < -0.39 is 0 Å². The predicted molar refractivity (Wildman–Crippen MR) is 127 cm³/mol. The Morgan fingerprint density at radius 3 is 2.33 bits per heavy atom.